The predicted molar refractivity (Wildman–Crippen MR) is 40.5 cm³/mol. The first-order valence-electron chi connectivity index (χ1n) is 3.12. The monoisotopic (exact) mass is 189 g/mol. The molecule has 0 aromatic carbocycles. The zero-order valence-corrected chi connectivity index (χ0v) is 6.68. The fourth-order valence-corrected chi connectivity index (χ4v) is 0.890. The molecule has 0 aliphatic rings. The number of rotatable bonds is 2. The number of hydrogen-bond acceptors (Lipinski definition) is 2. The average molecular weight is 190 g/mol. The summed E-state index contributed by atoms with van der Waals surface area (Å²) in [7, 11) is 0. The van der Waals surface area contributed by atoms with Crippen molar-refractivity contribution >= 4 is 17.6 Å². The van der Waals surface area contributed by atoms with Crippen LogP contribution in [0, 0.1) is 5.82 Å². The van der Waals surface area contributed by atoms with Crippen LogP contribution in [-0.2, 0) is 11.2 Å². The second-order valence-corrected chi connectivity index (χ2v) is 2.52. The van der Waals surface area contributed by atoms with E-state index in [0.717, 1.165) is 6.07 Å². The summed E-state index contributed by atoms with van der Waals surface area (Å²) >= 11 is 5.43. The quantitative estimate of drug-likeness (QED) is 0.718. The third kappa shape index (κ3) is 2.17. The SMILES string of the molecule is O=C(O)Cc1nc(Cl)ccc1F. The van der Waals surface area contributed by atoms with Crippen molar-refractivity contribution in [1.29, 1.82) is 0 Å². The van der Waals surface area contributed by atoms with E-state index in [1.54, 1.807) is 0 Å². The topological polar surface area (TPSA) is 50.2 Å². The minimum absolute atomic E-state index is 0.0904. The van der Waals surface area contributed by atoms with Gasteiger partial charge in [0.25, 0.3) is 0 Å². The smallest absolute Gasteiger partial charge is 0.309 e. The van der Waals surface area contributed by atoms with Gasteiger partial charge < -0.3 is 5.11 Å². The first-order chi connectivity index (χ1) is 5.59. The van der Waals surface area contributed by atoms with Crippen LogP contribution in [0.25, 0.3) is 0 Å². The molecule has 0 fully saturated rings. The van der Waals surface area contributed by atoms with Gasteiger partial charge in [-0.05, 0) is 12.1 Å². The van der Waals surface area contributed by atoms with Crippen LogP contribution in [-0.4, -0.2) is 16.1 Å². The molecule has 1 heterocycles. The van der Waals surface area contributed by atoms with Crippen molar-refractivity contribution in [3.63, 3.8) is 0 Å². The number of carboxylic acids is 1. The lowest BCUT2D eigenvalue weighted by atomic mass is 10.2. The van der Waals surface area contributed by atoms with E-state index < -0.39 is 18.2 Å². The fraction of sp³-hybridized carbons (Fsp3) is 0.143. The predicted octanol–water partition coefficient (Wildman–Crippen LogP) is 1.50. The molecule has 0 bridgehead atoms. The highest BCUT2D eigenvalue weighted by Gasteiger charge is 2.08. The number of nitrogens with zero attached hydrogens (tertiary/aromatic N) is 1. The van der Waals surface area contributed by atoms with Gasteiger partial charge in [0.2, 0.25) is 0 Å². The van der Waals surface area contributed by atoms with Crippen molar-refractivity contribution in [2.75, 3.05) is 0 Å². The lowest BCUT2D eigenvalue weighted by molar-refractivity contribution is -0.136. The molecule has 0 radical (unpaired) electrons. The number of carbonyl (C=O) groups is 1. The Balaban J connectivity index is 2.97. The summed E-state index contributed by atoms with van der Waals surface area (Å²) in [6.07, 6.45) is -0.452. The van der Waals surface area contributed by atoms with E-state index >= 15 is 0 Å². The van der Waals surface area contributed by atoms with Gasteiger partial charge in [0.1, 0.15) is 11.0 Å². The van der Waals surface area contributed by atoms with Crippen molar-refractivity contribution in [2.45, 2.75) is 6.42 Å². The highest BCUT2D eigenvalue weighted by Crippen LogP contribution is 2.10. The molecular formula is C7H5ClFNO2. The summed E-state index contributed by atoms with van der Waals surface area (Å²) in [5.74, 6) is -1.79. The molecule has 3 nitrogen and oxygen atoms in total. The third-order valence-electron chi connectivity index (χ3n) is 1.20. The van der Waals surface area contributed by atoms with E-state index in [2.05, 4.69) is 4.98 Å². The Labute approximate surface area is 72.8 Å². The van der Waals surface area contributed by atoms with Crippen LogP contribution in [0.4, 0.5) is 4.39 Å². The van der Waals surface area contributed by atoms with Crippen LogP contribution in [0.3, 0.4) is 0 Å². The van der Waals surface area contributed by atoms with Crippen molar-refractivity contribution in [3.8, 4) is 0 Å². The van der Waals surface area contributed by atoms with Crippen LogP contribution in [0.2, 0.25) is 5.15 Å². The maximum absolute atomic E-state index is 12.7. The zero-order valence-electron chi connectivity index (χ0n) is 5.92. The Morgan fingerprint density at radius 1 is 1.67 bits per heavy atom. The summed E-state index contributed by atoms with van der Waals surface area (Å²) in [6.45, 7) is 0. The Morgan fingerprint density at radius 3 is 2.92 bits per heavy atom. The van der Waals surface area contributed by atoms with Crippen LogP contribution >= 0.6 is 11.6 Å². The maximum Gasteiger partial charge on any atom is 0.309 e. The van der Waals surface area contributed by atoms with E-state index in [9.17, 15) is 9.18 Å². The Morgan fingerprint density at radius 2 is 2.33 bits per heavy atom. The highest BCUT2D eigenvalue weighted by molar-refractivity contribution is 6.29. The third-order valence-corrected chi connectivity index (χ3v) is 1.41. The van der Waals surface area contributed by atoms with Crippen LogP contribution in [0.15, 0.2) is 12.1 Å². The van der Waals surface area contributed by atoms with Crippen molar-refractivity contribution in [2.24, 2.45) is 0 Å². The largest absolute Gasteiger partial charge is 0.481 e. The Hall–Kier alpha value is -1.16. The summed E-state index contributed by atoms with van der Waals surface area (Å²) in [6, 6.07) is 2.36. The number of aromatic nitrogens is 1. The molecule has 0 saturated heterocycles. The first-order valence-corrected chi connectivity index (χ1v) is 3.50. The molecule has 64 valence electrons. The van der Waals surface area contributed by atoms with E-state index in [1.807, 2.05) is 0 Å². The molecule has 0 amide bonds. The molecule has 0 unspecified atom stereocenters. The summed E-state index contributed by atoms with van der Waals surface area (Å²) < 4.78 is 12.7. The van der Waals surface area contributed by atoms with Gasteiger partial charge in [-0.3, -0.25) is 4.79 Å². The van der Waals surface area contributed by atoms with Gasteiger partial charge in [0.05, 0.1) is 12.1 Å². The number of carboxylic acid groups (broad SMARTS) is 1. The van der Waals surface area contributed by atoms with Gasteiger partial charge >= 0.3 is 5.97 Å². The molecule has 0 spiro atoms. The Bertz CT molecular complexity index is 316. The van der Waals surface area contributed by atoms with E-state index in [1.165, 1.54) is 6.07 Å². The van der Waals surface area contributed by atoms with Crippen molar-refractivity contribution in [3.05, 3.63) is 28.8 Å². The minimum Gasteiger partial charge on any atom is -0.481 e. The van der Waals surface area contributed by atoms with E-state index in [4.69, 9.17) is 16.7 Å². The second-order valence-electron chi connectivity index (χ2n) is 2.13. The lowest BCUT2D eigenvalue weighted by Gasteiger charge is -1.98. The van der Waals surface area contributed by atoms with Crippen LogP contribution < -0.4 is 0 Å². The molecule has 12 heavy (non-hydrogen) atoms. The van der Waals surface area contributed by atoms with E-state index in [-0.39, 0.29) is 10.8 Å². The van der Waals surface area contributed by atoms with Gasteiger partial charge in [-0.25, -0.2) is 9.37 Å². The van der Waals surface area contributed by atoms with Crippen molar-refractivity contribution < 1.29 is 14.3 Å². The lowest BCUT2D eigenvalue weighted by Crippen LogP contribution is -2.04. The first kappa shape index (κ1) is 8.93. The van der Waals surface area contributed by atoms with Gasteiger partial charge in [-0.2, -0.15) is 0 Å². The van der Waals surface area contributed by atoms with Gasteiger partial charge in [-0.1, -0.05) is 11.6 Å². The van der Waals surface area contributed by atoms with Gasteiger partial charge in [0.15, 0.2) is 0 Å². The van der Waals surface area contributed by atoms with Gasteiger partial charge in [0, 0.05) is 0 Å². The molecule has 0 aliphatic heterocycles. The summed E-state index contributed by atoms with van der Waals surface area (Å²) in [5, 5.41) is 8.42. The summed E-state index contributed by atoms with van der Waals surface area (Å²) in [4.78, 5) is 13.7. The van der Waals surface area contributed by atoms with Crippen LogP contribution in [0.1, 0.15) is 5.69 Å². The highest BCUT2D eigenvalue weighted by atomic mass is 35.5. The fourth-order valence-electron chi connectivity index (χ4n) is 0.725. The van der Waals surface area contributed by atoms with Crippen molar-refractivity contribution in [1.82, 2.24) is 4.98 Å². The average Bonchev–Trinajstić information content (AvgIpc) is 1.96. The van der Waals surface area contributed by atoms with E-state index in [0.29, 0.717) is 0 Å². The minimum atomic E-state index is -1.14. The molecule has 1 rings (SSSR count). The number of pyridine rings is 1. The molecule has 1 aromatic heterocycles. The summed E-state index contributed by atoms with van der Waals surface area (Å²) in [5.41, 5.74) is -0.144. The number of aliphatic carboxylic acids is 1. The molecule has 1 aromatic rings. The van der Waals surface area contributed by atoms with Gasteiger partial charge in [-0.15, -0.1) is 0 Å². The molecule has 0 saturated carbocycles. The maximum atomic E-state index is 12.7. The Kier molecular flexibility index (Phi) is 2.60. The number of hydrogen-bond donors (Lipinski definition) is 1. The standard InChI is InChI=1S/C7H5ClFNO2/c8-6-2-1-4(9)5(10-6)3-7(11)12/h1-2H,3H2,(H,11,12). The normalized spacial score (nSPS) is 9.83. The molecule has 5 heteroatoms. The molecular weight excluding hydrogens is 185 g/mol. The zero-order chi connectivity index (χ0) is 9.14. The molecule has 1 N–H and O–H groups in total. The second kappa shape index (κ2) is 3.49. The molecule has 0 atom stereocenters. The number of halogens is 2. The van der Waals surface area contributed by atoms with Crippen LogP contribution in [0.5, 0.6) is 0 Å². The molecule has 0 aliphatic carbocycles.